The molecule has 6 heteroatoms. The number of aromatic nitrogens is 2. The molecule has 4 rings (SSSR count). The summed E-state index contributed by atoms with van der Waals surface area (Å²) in [6, 6.07) is 13.8. The van der Waals surface area contributed by atoms with Crippen LogP contribution in [0.2, 0.25) is 0 Å². The number of carbonyl (C=O) groups excluding carboxylic acids is 1. The summed E-state index contributed by atoms with van der Waals surface area (Å²) >= 11 is 1.40. The fourth-order valence-corrected chi connectivity index (χ4v) is 3.91. The van der Waals surface area contributed by atoms with Crippen LogP contribution >= 0.6 is 11.5 Å². The number of ketones is 1. The zero-order chi connectivity index (χ0) is 17.9. The second-order valence-electron chi connectivity index (χ2n) is 6.67. The Morgan fingerprint density at radius 2 is 1.92 bits per heavy atom. The van der Waals surface area contributed by atoms with E-state index in [2.05, 4.69) is 21.5 Å². The Bertz CT molecular complexity index is 957. The lowest BCUT2D eigenvalue weighted by molar-refractivity contribution is -0.880. The Morgan fingerprint density at radius 3 is 2.73 bits per heavy atom. The zero-order valence-electron chi connectivity index (χ0n) is 14.7. The molecule has 0 atom stereocenters. The van der Waals surface area contributed by atoms with Crippen molar-refractivity contribution in [2.75, 3.05) is 38.1 Å². The van der Waals surface area contributed by atoms with Crippen LogP contribution in [0.4, 0.5) is 5.00 Å². The lowest BCUT2D eigenvalue weighted by Crippen LogP contribution is -3.12. The van der Waals surface area contributed by atoms with E-state index in [-0.39, 0.29) is 5.78 Å². The molecular formula is C20H21N4OS+. The van der Waals surface area contributed by atoms with Gasteiger partial charge in [0.05, 0.1) is 33.2 Å². The molecule has 2 aromatic carbocycles. The summed E-state index contributed by atoms with van der Waals surface area (Å²) < 4.78 is 4.09. The predicted octanol–water partition coefficient (Wildman–Crippen LogP) is 1.92. The van der Waals surface area contributed by atoms with Gasteiger partial charge in [-0.2, -0.15) is 0 Å². The van der Waals surface area contributed by atoms with Crippen molar-refractivity contribution in [3.8, 4) is 0 Å². The summed E-state index contributed by atoms with van der Waals surface area (Å²) in [5, 5.41) is 7.47. The van der Waals surface area contributed by atoms with E-state index in [1.54, 1.807) is 17.1 Å². The Morgan fingerprint density at radius 1 is 1.15 bits per heavy atom. The van der Waals surface area contributed by atoms with Crippen LogP contribution in [0.3, 0.4) is 0 Å². The topological polar surface area (TPSA) is 50.5 Å². The Hall–Kier alpha value is -2.57. The van der Waals surface area contributed by atoms with Gasteiger partial charge < -0.3 is 9.80 Å². The van der Waals surface area contributed by atoms with Crippen LogP contribution in [0, 0.1) is 0 Å². The van der Waals surface area contributed by atoms with Gasteiger partial charge >= 0.3 is 0 Å². The van der Waals surface area contributed by atoms with Crippen LogP contribution in [0.15, 0.2) is 48.5 Å². The molecule has 0 radical (unpaired) electrons. The highest BCUT2D eigenvalue weighted by Gasteiger charge is 2.21. The van der Waals surface area contributed by atoms with Gasteiger partial charge in [0.15, 0.2) is 5.78 Å². The first-order chi connectivity index (χ1) is 12.7. The number of piperazine rings is 1. The number of anilines is 1. The van der Waals surface area contributed by atoms with Crippen LogP contribution in [0.25, 0.3) is 16.8 Å². The van der Waals surface area contributed by atoms with Gasteiger partial charge in [0.25, 0.3) is 0 Å². The predicted molar refractivity (Wildman–Crippen MR) is 106 cm³/mol. The smallest absolute Gasteiger partial charge is 0.185 e. The summed E-state index contributed by atoms with van der Waals surface area (Å²) in [5.74, 6) is -0.0162. The van der Waals surface area contributed by atoms with Crippen molar-refractivity contribution in [2.24, 2.45) is 0 Å². The molecule has 0 unspecified atom stereocenters. The molecule has 26 heavy (non-hydrogen) atoms. The van der Waals surface area contributed by atoms with Crippen LogP contribution in [0.5, 0.6) is 0 Å². The molecule has 3 aromatic rings. The van der Waals surface area contributed by atoms with Gasteiger partial charge in [0.2, 0.25) is 0 Å². The van der Waals surface area contributed by atoms with Gasteiger partial charge in [-0.15, -0.1) is 5.10 Å². The lowest BCUT2D eigenvalue weighted by atomic mass is 10.0. The molecule has 1 aliphatic heterocycles. The lowest BCUT2D eigenvalue weighted by Gasteiger charge is -2.30. The monoisotopic (exact) mass is 365 g/mol. The number of nitrogens with one attached hydrogen (secondary N) is 1. The summed E-state index contributed by atoms with van der Waals surface area (Å²) in [6.45, 7) is 4.21. The van der Waals surface area contributed by atoms with E-state index in [0.29, 0.717) is 5.56 Å². The molecule has 0 aliphatic carbocycles. The first-order valence-electron chi connectivity index (χ1n) is 8.80. The van der Waals surface area contributed by atoms with E-state index in [4.69, 9.17) is 0 Å². The highest BCUT2D eigenvalue weighted by atomic mass is 32.1. The second kappa shape index (κ2) is 7.35. The Kier molecular flexibility index (Phi) is 4.77. The quantitative estimate of drug-likeness (QED) is 0.567. The van der Waals surface area contributed by atoms with E-state index in [0.717, 1.165) is 47.6 Å². The number of likely N-dealkylation sites (N-methyl/N-ethyl adjacent to an activating group) is 1. The van der Waals surface area contributed by atoms with Crippen molar-refractivity contribution in [1.29, 1.82) is 0 Å². The number of benzene rings is 2. The van der Waals surface area contributed by atoms with Gasteiger partial charge in [-0.1, -0.05) is 40.9 Å². The molecule has 1 fully saturated rings. The second-order valence-corrected chi connectivity index (χ2v) is 7.40. The third kappa shape index (κ3) is 3.52. The highest BCUT2D eigenvalue weighted by Crippen LogP contribution is 2.24. The minimum absolute atomic E-state index is 0.0162. The summed E-state index contributed by atoms with van der Waals surface area (Å²) in [4.78, 5) is 16.4. The first kappa shape index (κ1) is 16.9. The molecule has 1 aliphatic rings. The Labute approximate surface area is 156 Å². The van der Waals surface area contributed by atoms with Crippen molar-refractivity contribution in [2.45, 2.75) is 0 Å². The fourth-order valence-electron chi connectivity index (χ4n) is 3.20. The van der Waals surface area contributed by atoms with Gasteiger partial charge in [-0.25, -0.2) is 0 Å². The standard InChI is InChI=1S/C20H20N4OS/c1-23-10-12-24(13-11-23)20-18(21-22-26-20)8-9-19(25)17-7-6-15-4-2-3-5-16(15)14-17/h2-9,14H,10-13H2,1H3/p+1/b9-8+. The molecule has 0 amide bonds. The minimum atomic E-state index is -0.0162. The molecule has 0 bridgehead atoms. The number of quaternary nitrogens is 1. The maximum atomic E-state index is 12.6. The van der Waals surface area contributed by atoms with E-state index in [1.807, 2.05) is 42.5 Å². The molecule has 1 aromatic heterocycles. The van der Waals surface area contributed by atoms with E-state index < -0.39 is 0 Å². The van der Waals surface area contributed by atoms with Crippen LogP contribution in [0.1, 0.15) is 16.1 Å². The van der Waals surface area contributed by atoms with Gasteiger partial charge in [-0.05, 0) is 29.0 Å². The number of hydrogen-bond donors (Lipinski definition) is 1. The molecule has 5 nitrogen and oxygen atoms in total. The van der Waals surface area contributed by atoms with Crippen LogP contribution < -0.4 is 9.80 Å². The number of hydrogen-bond acceptors (Lipinski definition) is 5. The number of carbonyl (C=O) groups is 1. The van der Waals surface area contributed by atoms with Gasteiger partial charge in [0.1, 0.15) is 10.7 Å². The van der Waals surface area contributed by atoms with Crippen molar-refractivity contribution >= 4 is 39.2 Å². The van der Waals surface area contributed by atoms with E-state index >= 15 is 0 Å². The highest BCUT2D eigenvalue weighted by molar-refractivity contribution is 7.10. The fraction of sp³-hybridized carbons (Fsp3) is 0.250. The molecule has 2 heterocycles. The van der Waals surface area contributed by atoms with Crippen molar-refractivity contribution < 1.29 is 9.69 Å². The van der Waals surface area contributed by atoms with Crippen molar-refractivity contribution in [3.05, 3.63) is 59.8 Å². The summed E-state index contributed by atoms with van der Waals surface area (Å²) in [7, 11) is 2.21. The van der Waals surface area contributed by atoms with E-state index in [1.165, 1.54) is 11.5 Å². The molecule has 0 spiro atoms. The van der Waals surface area contributed by atoms with Crippen LogP contribution in [-0.4, -0.2) is 48.6 Å². The first-order valence-corrected chi connectivity index (χ1v) is 9.58. The molecule has 1 N–H and O–H groups in total. The van der Waals surface area contributed by atoms with Gasteiger partial charge in [-0.3, -0.25) is 4.79 Å². The normalized spacial score (nSPS) is 15.8. The van der Waals surface area contributed by atoms with Crippen molar-refractivity contribution in [3.63, 3.8) is 0 Å². The maximum absolute atomic E-state index is 12.6. The van der Waals surface area contributed by atoms with Crippen LogP contribution in [-0.2, 0) is 0 Å². The average molecular weight is 365 g/mol. The summed E-state index contributed by atoms with van der Waals surface area (Å²) in [5.41, 5.74) is 1.47. The van der Waals surface area contributed by atoms with Crippen molar-refractivity contribution in [1.82, 2.24) is 9.59 Å². The largest absolute Gasteiger partial charge is 0.349 e. The number of allylic oxidation sites excluding steroid dienone is 1. The molecule has 1 saturated heterocycles. The number of nitrogens with zero attached hydrogens (tertiary/aromatic N) is 3. The third-order valence-corrected chi connectivity index (χ3v) is 5.63. The summed E-state index contributed by atoms with van der Waals surface area (Å²) in [6.07, 6.45) is 3.40. The SMILES string of the molecule is C[NH+]1CCN(c2snnc2/C=C/C(=O)c2ccc3ccccc3c2)CC1. The van der Waals surface area contributed by atoms with E-state index in [9.17, 15) is 4.79 Å². The minimum Gasteiger partial charge on any atom is -0.349 e. The molecule has 0 saturated carbocycles. The number of fused-ring (bicyclic) bond motifs is 1. The average Bonchev–Trinajstić information content (AvgIpc) is 3.15. The van der Waals surface area contributed by atoms with Gasteiger partial charge in [0, 0.05) is 17.1 Å². The molecule has 132 valence electrons. The Balaban J connectivity index is 1.52. The third-order valence-electron chi connectivity index (χ3n) is 4.83. The molecular weight excluding hydrogens is 344 g/mol. The number of rotatable bonds is 4. The zero-order valence-corrected chi connectivity index (χ0v) is 15.5. The maximum Gasteiger partial charge on any atom is 0.185 e.